The number of nitrogens with one attached hydrogen (secondary N) is 1. The van der Waals surface area contributed by atoms with Crippen molar-refractivity contribution in [2.24, 2.45) is 5.92 Å². The molecule has 3 rings (SSSR count). The standard InChI is InChI=1S/C15H27N5/c1-11(2)20-14(17-10-18-20)8-19-7-12(3)16-9-15(19,4)13-5-6-13/h10-13,16H,5-9H2,1-4H3. The maximum absolute atomic E-state index is 4.49. The molecule has 0 radical (unpaired) electrons. The predicted molar refractivity (Wildman–Crippen MR) is 79.4 cm³/mol. The first-order valence-electron chi connectivity index (χ1n) is 7.87. The summed E-state index contributed by atoms with van der Waals surface area (Å²) in [6.07, 6.45) is 4.44. The van der Waals surface area contributed by atoms with Crippen LogP contribution < -0.4 is 5.32 Å². The van der Waals surface area contributed by atoms with Crippen LogP contribution in [0, 0.1) is 5.92 Å². The number of piperazine rings is 1. The van der Waals surface area contributed by atoms with E-state index >= 15 is 0 Å². The molecule has 1 N–H and O–H groups in total. The molecule has 2 atom stereocenters. The first-order chi connectivity index (χ1) is 9.50. The van der Waals surface area contributed by atoms with E-state index in [1.807, 2.05) is 0 Å². The Hall–Kier alpha value is -0.940. The highest BCUT2D eigenvalue weighted by Crippen LogP contribution is 2.44. The number of rotatable bonds is 4. The molecule has 112 valence electrons. The highest BCUT2D eigenvalue weighted by atomic mass is 15.4. The molecule has 0 amide bonds. The Bertz CT molecular complexity index is 465. The minimum Gasteiger partial charge on any atom is -0.311 e. The maximum Gasteiger partial charge on any atom is 0.141 e. The van der Waals surface area contributed by atoms with Crippen molar-refractivity contribution in [1.29, 1.82) is 0 Å². The van der Waals surface area contributed by atoms with E-state index in [1.165, 1.54) is 12.8 Å². The van der Waals surface area contributed by atoms with E-state index in [0.717, 1.165) is 31.4 Å². The second-order valence-corrected chi connectivity index (χ2v) is 7.01. The van der Waals surface area contributed by atoms with E-state index < -0.39 is 0 Å². The molecule has 2 fully saturated rings. The fourth-order valence-electron chi connectivity index (χ4n) is 3.44. The van der Waals surface area contributed by atoms with Crippen molar-refractivity contribution in [3.05, 3.63) is 12.2 Å². The summed E-state index contributed by atoms with van der Waals surface area (Å²) >= 11 is 0. The molecule has 5 nitrogen and oxygen atoms in total. The van der Waals surface area contributed by atoms with Gasteiger partial charge in [-0.2, -0.15) is 5.10 Å². The number of aromatic nitrogens is 3. The second kappa shape index (κ2) is 5.11. The van der Waals surface area contributed by atoms with Gasteiger partial charge in [0.25, 0.3) is 0 Å². The van der Waals surface area contributed by atoms with Crippen molar-refractivity contribution in [3.8, 4) is 0 Å². The highest BCUT2D eigenvalue weighted by Gasteiger charge is 2.47. The van der Waals surface area contributed by atoms with Crippen LogP contribution in [0.15, 0.2) is 6.33 Å². The number of hydrogen-bond donors (Lipinski definition) is 1. The second-order valence-electron chi connectivity index (χ2n) is 7.01. The van der Waals surface area contributed by atoms with E-state index in [1.54, 1.807) is 6.33 Å². The van der Waals surface area contributed by atoms with Crippen molar-refractivity contribution >= 4 is 0 Å². The number of hydrogen-bond acceptors (Lipinski definition) is 4. The smallest absolute Gasteiger partial charge is 0.141 e. The zero-order valence-corrected chi connectivity index (χ0v) is 13.1. The van der Waals surface area contributed by atoms with Crippen LogP contribution in [0.2, 0.25) is 0 Å². The first kappa shape index (κ1) is 14.0. The lowest BCUT2D eigenvalue weighted by atomic mass is 9.89. The molecule has 0 spiro atoms. The van der Waals surface area contributed by atoms with Gasteiger partial charge in [0, 0.05) is 30.7 Å². The van der Waals surface area contributed by atoms with Gasteiger partial charge in [-0.05, 0) is 46.5 Å². The van der Waals surface area contributed by atoms with Crippen LogP contribution in [0.5, 0.6) is 0 Å². The lowest BCUT2D eigenvalue weighted by molar-refractivity contribution is 0.0276. The van der Waals surface area contributed by atoms with Crippen molar-refractivity contribution in [1.82, 2.24) is 25.0 Å². The van der Waals surface area contributed by atoms with Gasteiger partial charge in [-0.3, -0.25) is 4.90 Å². The molecular weight excluding hydrogens is 250 g/mol. The summed E-state index contributed by atoms with van der Waals surface area (Å²) in [5, 5.41) is 8.03. The summed E-state index contributed by atoms with van der Waals surface area (Å²) in [5.41, 5.74) is 0.278. The molecule has 0 aromatic carbocycles. The van der Waals surface area contributed by atoms with Gasteiger partial charge in [-0.15, -0.1) is 0 Å². The average molecular weight is 277 g/mol. The molecule has 1 aliphatic carbocycles. The topological polar surface area (TPSA) is 46.0 Å². The molecule has 1 aromatic rings. The first-order valence-corrected chi connectivity index (χ1v) is 7.87. The molecule has 2 heterocycles. The molecule has 20 heavy (non-hydrogen) atoms. The third-order valence-electron chi connectivity index (χ3n) is 4.95. The quantitative estimate of drug-likeness (QED) is 0.912. The summed E-state index contributed by atoms with van der Waals surface area (Å²) in [6, 6.07) is 0.928. The van der Waals surface area contributed by atoms with Gasteiger partial charge in [-0.25, -0.2) is 9.67 Å². The van der Waals surface area contributed by atoms with Crippen molar-refractivity contribution in [3.63, 3.8) is 0 Å². The zero-order valence-electron chi connectivity index (χ0n) is 13.1. The summed E-state index contributed by atoms with van der Waals surface area (Å²) in [5.74, 6) is 1.94. The molecule has 1 aromatic heterocycles. The van der Waals surface area contributed by atoms with Crippen molar-refractivity contribution in [2.75, 3.05) is 13.1 Å². The maximum atomic E-state index is 4.49. The fraction of sp³-hybridized carbons (Fsp3) is 0.867. The Labute approximate surface area is 121 Å². The van der Waals surface area contributed by atoms with Gasteiger partial charge < -0.3 is 5.32 Å². The van der Waals surface area contributed by atoms with Crippen LogP contribution in [-0.4, -0.2) is 44.3 Å². The molecule has 2 aliphatic rings. The third kappa shape index (κ3) is 2.49. The van der Waals surface area contributed by atoms with Crippen LogP contribution in [0.25, 0.3) is 0 Å². The normalized spacial score (nSPS) is 31.9. The average Bonchev–Trinajstić information content (AvgIpc) is 3.15. The van der Waals surface area contributed by atoms with Crippen LogP contribution in [0.1, 0.15) is 52.4 Å². The Balaban J connectivity index is 1.80. The van der Waals surface area contributed by atoms with Crippen LogP contribution in [0.4, 0.5) is 0 Å². The molecule has 2 unspecified atom stereocenters. The lowest BCUT2D eigenvalue weighted by Crippen LogP contribution is -2.63. The molecule has 1 aliphatic heterocycles. The molecule has 0 bridgehead atoms. The lowest BCUT2D eigenvalue weighted by Gasteiger charge is -2.48. The molecule has 1 saturated heterocycles. The zero-order chi connectivity index (χ0) is 14.3. The predicted octanol–water partition coefficient (Wildman–Crippen LogP) is 1.82. The Morgan fingerprint density at radius 2 is 2.20 bits per heavy atom. The summed E-state index contributed by atoms with van der Waals surface area (Å²) in [6.45, 7) is 12.1. The van der Waals surface area contributed by atoms with Gasteiger partial charge >= 0.3 is 0 Å². The molecule has 1 saturated carbocycles. The Kier molecular flexibility index (Phi) is 3.58. The third-order valence-corrected chi connectivity index (χ3v) is 4.95. The van der Waals surface area contributed by atoms with Gasteiger partial charge in [0.05, 0.1) is 6.54 Å². The molecule has 5 heteroatoms. The van der Waals surface area contributed by atoms with Crippen LogP contribution in [0.3, 0.4) is 0 Å². The minimum absolute atomic E-state index is 0.278. The summed E-state index contributed by atoms with van der Waals surface area (Å²) in [4.78, 5) is 7.13. The van der Waals surface area contributed by atoms with E-state index in [-0.39, 0.29) is 5.54 Å². The highest BCUT2D eigenvalue weighted by molar-refractivity contribution is 5.05. The van der Waals surface area contributed by atoms with Crippen molar-refractivity contribution < 1.29 is 0 Å². The largest absolute Gasteiger partial charge is 0.311 e. The Morgan fingerprint density at radius 1 is 1.45 bits per heavy atom. The van der Waals surface area contributed by atoms with Crippen LogP contribution >= 0.6 is 0 Å². The van der Waals surface area contributed by atoms with Gasteiger partial charge in [0.1, 0.15) is 12.2 Å². The van der Waals surface area contributed by atoms with Gasteiger partial charge in [0.15, 0.2) is 0 Å². The van der Waals surface area contributed by atoms with Gasteiger partial charge in [0.2, 0.25) is 0 Å². The van der Waals surface area contributed by atoms with E-state index in [0.29, 0.717) is 12.1 Å². The van der Waals surface area contributed by atoms with Crippen LogP contribution in [-0.2, 0) is 6.54 Å². The monoisotopic (exact) mass is 277 g/mol. The fourth-order valence-corrected chi connectivity index (χ4v) is 3.44. The summed E-state index contributed by atoms with van der Waals surface area (Å²) < 4.78 is 2.06. The molecular formula is C15H27N5. The van der Waals surface area contributed by atoms with E-state index in [9.17, 15) is 0 Å². The SMILES string of the molecule is CC1CN(Cc2ncnn2C(C)C)C(C)(C2CC2)CN1. The van der Waals surface area contributed by atoms with Gasteiger partial charge in [-0.1, -0.05) is 0 Å². The minimum atomic E-state index is 0.278. The summed E-state index contributed by atoms with van der Waals surface area (Å²) in [7, 11) is 0. The van der Waals surface area contributed by atoms with Crippen molar-refractivity contribution in [2.45, 2.75) is 64.7 Å². The number of nitrogens with zero attached hydrogens (tertiary/aromatic N) is 4. The van der Waals surface area contributed by atoms with E-state index in [4.69, 9.17) is 0 Å². The Morgan fingerprint density at radius 3 is 2.85 bits per heavy atom. The van der Waals surface area contributed by atoms with E-state index in [2.05, 4.69) is 52.7 Å².